The first-order valence-electron chi connectivity index (χ1n) is 35.5. The number of hydrazone groups is 1. The molecule has 0 unspecified atom stereocenters. The third-order valence-electron chi connectivity index (χ3n) is 19.2. The summed E-state index contributed by atoms with van der Waals surface area (Å²) < 4.78 is 2.96. The summed E-state index contributed by atoms with van der Waals surface area (Å²) in [6.45, 7) is 3.68. The topological polar surface area (TPSA) is 428 Å². The number of nitrogens with one attached hydrogen (secondary N) is 5. The summed E-state index contributed by atoms with van der Waals surface area (Å²) in [4.78, 5) is 37.9. The molecule has 13 aromatic rings. The first-order valence-corrected chi connectivity index (χ1v) is 35.5. The van der Waals surface area contributed by atoms with Crippen LogP contribution in [0.4, 0.5) is 34.1 Å². The number of amides is 1. The Morgan fingerprint density at radius 1 is 0.491 bits per heavy atom. The third kappa shape index (κ3) is 16.5. The number of phenolic OH excluding ortho intramolecular Hbond substituents is 3. The van der Waals surface area contributed by atoms with Crippen LogP contribution in [0.1, 0.15) is 96.5 Å². The molecule has 30 heteroatoms. The number of para-hydroxylation sites is 3. The molecule has 0 atom stereocenters. The van der Waals surface area contributed by atoms with Crippen molar-refractivity contribution >= 4 is 64.0 Å². The van der Waals surface area contributed by atoms with E-state index in [0.717, 1.165) is 82.7 Å². The Hall–Kier alpha value is -14.0. The van der Waals surface area contributed by atoms with Gasteiger partial charge in [-0.25, -0.2) is 14.4 Å². The molecule has 0 fully saturated rings. The van der Waals surface area contributed by atoms with Crippen LogP contribution >= 0.6 is 12.4 Å². The average molecular weight is 1490 g/mol. The maximum atomic E-state index is 13.2. The first kappa shape index (κ1) is 74.3. The monoisotopic (exact) mass is 1490 g/mol. The molecule has 17 rings (SSSR count). The van der Waals surface area contributed by atoms with E-state index < -0.39 is 0 Å². The van der Waals surface area contributed by atoms with Crippen molar-refractivity contribution < 1.29 is 20.1 Å². The molecule has 9 aromatic carbocycles. The molecule has 4 aromatic heterocycles. The molecule has 1 aliphatic heterocycles. The summed E-state index contributed by atoms with van der Waals surface area (Å²) in [6.07, 6.45) is 15.8. The molecule has 5 heterocycles. The lowest BCUT2D eigenvalue weighted by molar-refractivity contribution is -0.116. The van der Waals surface area contributed by atoms with Crippen molar-refractivity contribution in [3.05, 3.63) is 254 Å². The molecule has 554 valence electrons. The summed E-state index contributed by atoms with van der Waals surface area (Å²) in [5.74, 6) is 5.80. The second-order valence-electron chi connectivity index (χ2n) is 26.5. The predicted octanol–water partition coefficient (Wildman–Crippen LogP) is 15.7. The number of aromatic nitrogens is 12. The van der Waals surface area contributed by atoms with Crippen LogP contribution in [0.3, 0.4) is 0 Å². The van der Waals surface area contributed by atoms with Crippen molar-refractivity contribution in [2.75, 3.05) is 10.7 Å². The molecule has 0 saturated carbocycles. The van der Waals surface area contributed by atoms with Crippen LogP contribution in [0.15, 0.2) is 234 Å². The minimum absolute atomic E-state index is 0. The Kier molecular flexibility index (Phi) is 22.7. The predicted molar refractivity (Wildman–Crippen MR) is 422 cm³/mol. The Labute approximate surface area is 635 Å². The van der Waals surface area contributed by atoms with Gasteiger partial charge in [-0.05, 0) is 224 Å². The number of phenols is 3. The number of aromatic hydroxyl groups is 3. The molecular weight excluding hydrogens is 1410 g/mol. The fourth-order valence-corrected chi connectivity index (χ4v) is 13.7. The van der Waals surface area contributed by atoms with E-state index in [1.165, 1.54) is 93.9 Å². The summed E-state index contributed by atoms with van der Waals surface area (Å²) in [7, 11) is 0. The first-order chi connectivity index (χ1) is 53.1. The number of fused-ring (bicyclic) bond motifs is 3. The highest BCUT2D eigenvalue weighted by Gasteiger charge is 2.25. The van der Waals surface area contributed by atoms with Crippen LogP contribution in [0.25, 0.3) is 67.5 Å². The number of azo groups is 2. The highest BCUT2D eigenvalue weighted by molar-refractivity contribution is 6.12. The van der Waals surface area contributed by atoms with Gasteiger partial charge in [-0.15, -0.1) is 58.4 Å². The van der Waals surface area contributed by atoms with E-state index in [9.17, 15) is 29.7 Å². The van der Waals surface area contributed by atoms with E-state index in [1.807, 2.05) is 79.7 Å². The van der Waals surface area contributed by atoms with Crippen molar-refractivity contribution in [3.8, 4) is 84.8 Å². The number of amidine groups is 1. The number of aromatic amines is 4. The maximum absolute atomic E-state index is 13.2. The highest BCUT2D eigenvalue weighted by atomic mass is 35.5. The largest absolute Gasteiger partial charge is 0.505 e. The lowest BCUT2D eigenvalue weighted by Gasteiger charge is -2.19. The molecule has 12 N–H and O–H groups in total. The molecule has 110 heavy (non-hydrogen) atoms. The quantitative estimate of drug-likeness (QED) is 0.00976. The SMILES string of the molecule is CC1=NN(c2ccc3c(c2)CCCC3)C(=O)C1.Cc1[nH]n(-c2ccc3c(c2)CCCC3)c(=O)c1N=Nc1cccc(-c2cccc(-c3nn[nH]n3)c2)c1O.Cl.N=C(N=NN)c1cccc(-c2cccc(N)c2O)c1.O=c1c(N=Nc2cccc(-c3cccc(-c4nn[nH]n4)c3)c2O)c[nH]n1-c1ccc2c(c1)CCCC2. The van der Waals surface area contributed by atoms with E-state index in [-0.39, 0.29) is 75.3 Å². The van der Waals surface area contributed by atoms with Crippen molar-refractivity contribution in [1.29, 1.82) is 5.41 Å². The molecule has 1 amide bonds. The smallest absolute Gasteiger partial charge is 0.299 e. The Morgan fingerprint density at radius 2 is 0.945 bits per heavy atom. The van der Waals surface area contributed by atoms with Crippen LogP contribution in [0, 0.1) is 12.3 Å². The summed E-state index contributed by atoms with van der Waals surface area (Å²) in [6, 6.07) is 55.9. The van der Waals surface area contributed by atoms with Gasteiger partial charge in [0, 0.05) is 39.1 Å². The van der Waals surface area contributed by atoms with Gasteiger partial charge in [0.1, 0.15) is 17.1 Å². The van der Waals surface area contributed by atoms with Gasteiger partial charge in [-0.3, -0.25) is 30.0 Å². The van der Waals surface area contributed by atoms with E-state index in [1.54, 1.807) is 84.7 Å². The average Bonchev–Trinajstić information content (AvgIpc) is 1.55. The van der Waals surface area contributed by atoms with Gasteiger partial charge in [0.15, 0.2) is 28.7 Å². The van der Waals surface area contributed by atoms with Gasteiger partial charge in [-0.2, -0.15) is 15.5 Å². The van der Waals surface area contributed by atoms with Crippen molar-refractivity contribution in [1.82, 2.24) is 60.8 Å². The number of anilines is 2. The zero-order chi connectivity index (χ0) is 75.5. The second kappa shape index (κ2) is 33.7. The summed E-state index contributed by atoms with van der Waals surface area (Å²) >= 11 is 0. The van der Waals surface area contributed by atoms with Gasteiger partial charge in [0.2, 0.25) is 11.6 Å². The lowest BCUT2D eigenvalue weighted by atomic mass is 9.91. The molecule has 0 bridgehead atoms. The van der Waals surface area contributed by atoms with Crippen LogP contribution < -0.4 is 27.7 Å². The van der Waals surface area contributed by atoms with Crippen LogP contribution in [0.2, 0.25) is 0 Å². The zero-order valence-electron chi connectivity index (χ0n) is 59.9. The third-order valence-corrected chi connectivity index (χ3v) is 19.2. The van der Waals surface area contributed by atoms with E-state index in [4.69, 9.17) is 17.0 Å². The van der Waals surface area contributed by atoms with Crippen LogP contribution in [0.5, 0.6) is 17.2 Å². The van der Waals surface area contributed by atoms with Gasteiger partial charge in [0.05, 0.1) is 41.1 Å². The van der Waals surface area contributed by atoms with Gasteiger partial charge < -0.3 is 26.9 Å². The molecule has 0 spiro atoms. The minimum Gasteiger partial charge on any atom is -0.505 e. The van der Waals surface area contributed by atoms with Gasteiger partial charge >= 0.3 is 0 Å². The van der Waals surface area contributed by atoms with Gasteiger partial charge in [0.25, 0.3) is 17.0 Å². The number of tetrazole rings is 2. The number of hydrogen-bond acceptors (Lipinski definition) is 20. The summed E-state index contributed by atoms with van der Waals surface area (Å²) in [5.41, 5.74) is 24.3. The zero-order valence-corrected chi connectivity index (χ0v) is 60.7. The molecular formula is C80H76ClN23O6. The number of nitrogens with zero attached hydrogens (tertiary/aromatic N) is 16. The molecule has 0 saturated heterocycles. The fraction of sp³-hybridized carbons (Fsp3) is 0.188. The normalized spacial score (nSPS) is 13.6. The molecule has 3 aliphatic carbocycles. The Balaban J connectivity index is 0.000000135. The number of carbonyl (C=O) groups is 1. The number of rotatable bonds is 13. The molecule has 29 nitrogen and oxygen atoms in total. The Bertz CT molecular complexity index is 5800. The lowest BCUT2D eigenvalue weighted by Crippen LogP contribution is -2.20. The second-order valence-corrected chi connectivity index (χ2v) is 26.5. The number of benzene rings is 9. The highest BCUT2D eigenvalue weighted by Crippen LogP contribution is 2.42. The standard InChI is InChI=1S/C27H24N8O2.C26H22N8O2.C14H16N2O.C13H13N5O.ClH/c1-16-24(27(37)35(32-16)21-13-12-17-6-2-3-7-18(17)15-21)29-28-23-11-5-10-22(25(23)36)19-8-4-9-20(14-19)26-30-33-34-31-26;35-24-21(18-7-3-8-19(13-18)25-30-32-33-31-25)9-4-10-22(24)28-29-23-15-27-34(26(23)36)20-12-11-16-5-1-2-6-17(16)14-20;1-10-8-14(17)16(15-10)13-7-6-11-4-2-3-5-12(11)9-13;14-11-6-2-5-10(12(11)19)8-3-1-4-9(7-8)13(15)17-18-16;/h4-5,8-15,32,36H,2-3,6-7H2,1H3,(H,30,31,33,34);3-4,7-15,27,35H,1-2,5-6H2,(H,30,31,32,33);6-7,9H,2-5,8H2,1H3;1-7,19H,14H2,(H3,15,16,17);1H. The number of nitrogens with two attached hydrogens (primary N) is 2. The number of H-pyrrole nitrogens is 4. The fourth-order valence-electron chi connectivity index (χ4n) is 13.7. The Morgan fingerprint density at radius 3 is 1.46 bits per heavy atom. The number of hydrogen-bond donors (Lipinski definition) is 10. The minimum atomic E-state index is -0.307. The number of nitrogen functional groups attached to an aromatic ring is 1. The van der Waals surface area contributed by atoms with Crippen molar-refractivity contribution in [2.24, 2.45) is 41.7 Å². The van der Waals surface area contributed by atoms with Gasteiger partial charge in [-0.1, -0.05) is 114 Å². The van der Waals surface area contributed by atoms with Crippen molar-refractivity contribution in [2.45, 2.75) is 97.3 Å². The van der Waals surface area contributed by atoms with E-state index in [0.29, 0.717) is 51.7 Å². The van der Waals surface area contributed by atoms with Crippen molar-refractivity contribution in [3.63, 3.8) is 0 Å². The van der Waals surface area contributed by atoms with Crippen LogP contribution in [-0.2, 0) is 43.3 Å². The molecule has 4 aliphatic rings. The molecule has 0 radical (unpaired) electrons. The number of halogens is 1. The number of aryl methyl sites for hydroxylation is 7. The van der Waals surface area contributed by atoms with E-state index in [2.05, 4.69) is 124 Å². The number of carbonyl (C=O) groups excluding carboxylic acids is 1. The summed E-state index contributed by atoms with van der Waals surface area (Å²) in [5, 5.41) is 103. The maximum Gasteiger partial charge on any atom is 0.299 e. The van der Waals surface area contributed by atoms with E-state index >= 15 is 0 Å². The van der Waals surface area contributed by atoms with Crippen LogP contribution in [-0.4, -0.2) is 93.6 Å².